The van der Waals surface area contributed by atoms with Crippen molar-refractivity contribution in [2.24, 2.45) is 9.98 Å². The van der Waals surface area contributed by atoms with Gasteiger partial charge in [0.25, 0.3) is 0 Å². The lowest BCUT2D eigenvalue weighted by Crippen LogP contribution is -2.40. The minimum absolute atomic E-state index is 0.0171. The number of ether oxygens (including phenoxy) is 3. The molecule has 212 valence electrons. The highest BCUT2D eigenvalue weighted by molar-refractivity contribution is 6.74. The number of aromatic nitrogens is 1. The minimum Gasteiger partial charge on any atom is -0.413 e. The molecular formula is C28H37Cl2N3O5Si. The minimum atomic E-state index is -2.08. The summed E-state index contributed by atoms with van der Waals surface area (Å²) >= 11 is 12.7. The van der Waals surface area contributed by atoms with Gasteiger partial charge in [-0.3, -0.25) is 9.79 Å². The first-order valence-electron chi connectivity index (χ1n) is 12.9. The predicted molar refractivity (Wildman–Crippen MR) is 157 cm³/mol. The standard InChI is InChI=1S/C28H37Cl2N3O5Si/c1-27(2,3)39(8,9)35-15-16-14-17(29)10-11-18(16)20(34)21-22-23(38-28(4,5)37-22)26(36-21)33-13-12-19(24(30)31-6)25(33)32-7/h10-14,21-23,26H,7,15H2,1-6,8-9H3/t21-,22-,23-,26-/m1/s1. The molecule has 0 spiro atoms. The number of aliphatic imine (C=N–C) groups is 2. The van der Waals surface area contributed by atoms with Gasteiger partial charge in [-0.05, 0) is 68.5 Å². The van der Waals surface area contributed by atoms with Gasteiger partial charge in [-0.1, -0.05) is 44.0 Å². The van der Waals surface area contributed by atoms with Crippen LogP contribution < -0.4 is 0 Å². The number of halogens is 2. The van der Waals surface area contributed by atoms with Gasteiger partial charge in [0, 0.05) is 23.8 Å². The van der Waals surface area contributed by atoms with E-state index in [-0.39, 0.29) is 22.6 Å². The van der Waals surface area contributed by atoms with E-state index in [4.69, 9.17) is 41.8 Å². The zero-order chi connectivity index (χ0) is 28.9. The van der Waals surface area contributed by atoms with Gasteiger partial charge in [-0.15, -0.1) is 0 Å². The van der Waals surface area contributed by atoms with Crippen LogP contribution in [0.25, 0.3) is 0 Å². The SMILES string of the molecule is C=Nc1c(C(Cl)=NC)ccn1[C@@H]1O[C@H](C(=O)c2ccc(Cl)cc2CO[Si](C)(C)C(C)(C)C)[C@H]2OC(C)(C)O[C@H]21. The summed E-state index contributed by atoms with van der Waals surface area (Å²) in [6.45, 7) is 18.5. The van der Waals surface area contributed by atoms with Crippen molar-refractivity contribution in [2.75, 3.05) is 7.05 Å². The van der Waals surface area contributed by atoms with Crippen LogP contribution in [0.5, 0.6) is 0 Å². The van der Waals surface area contributed by atoms with Crippen molar-refractivity contribution >= 4 is 55.0 Å². The molecule has 39 heavy (non-hydrogen) atoms. The normalized spacial score (nSPS) is 25.1. The van der Waals surface area contributed by atoms with Crippen molar-refractivity contribution in [3.05, 3.63) is 52.2 Å². The molecule has 0 saturated carbocycles. The number of nitrogens with zero attached hydrogens (tertiary/aromatic N) is 3. The van der Waals surface area contributed by atoms with E-state index in [0.29, 0.717) is 27.5 Å². The van der Waals surface area contributed by atoms with Gasteiger partial charge in [-0.25, -0.2) is 4.99 Å². The summed E-state index contributed by atoms with van der Waals surface area (Å²) in [6, 6.07) is 6.99. The average molecular weight is 595 g/mol. The van der Waals surface area contributed by atoms with E-state index in [2.05, 4.69) is 50.6 Å². The first kappa shape index (κ1) is 30.1. The van der Waals surface area contributed by atoms with Gasteiger partial charge in [0.2, 0.25) is 0 Å². The Balaban J connectivity index is 1.69. The fourth-order valence-corrected chi connectivity index (χ4v) is 5.95. The third-order valence-electron chi connectivity index (χ3n) is 7.74. The number of hydrogen-bond donors (Lipinski definition) is 0. The van der Waals surface area contributed by atoms with E-state index in [1.807, 2.05) is 13.8 Å². The highest BCUT2D eigenvalue weighted by Gasteiger charge is 2.58. The Morgan fingerprint density at radius 2 is 1.85 bits per heavy atom. The first-order chi connectivity index (χ1) is 18.1. The number of fused-ring (bicyclic) bond motifs is 1. The first-order valence-corrected chi connectivity index (χ1v) is 16.5. The second kappa shape index (κ2) is 10.9. The van der Waals surface area contributed by atoms with Crippen molar-refractivity contribution in [1.82, 2.24) is 4.57 Å². The molecule has 4 atom stereocenters. The maximum atomic E-state index is 14.1. The monoisotopic (exact) mass is 593 g/mol. The van der Waals surface area contributed by atoms with Crippen LogP contribution >= 0.6 is 23.2 Å². The van der Waals surface area contributed by atoms with E-state index in [9.17, 15) is 4.79 Å². The number of carbonyl (C=O) groups is 1. The quantitative estimate of drug-likeness (QED) is 0.188. The molecule has 1 aromatic heterocycles. The molecule has 11 heteroatoms. The number of rotatable bonds is 8. The molecule has 2 aliphatic rings. The van der Waals surface area contributed by atoms with Crippen LogP contribution in [0, 0.1) is 0 Å². The summed E-state index contributed by atoms with van der Waals surface area (Å²) in [6.07, 6.45) is -1.10. The van der Waals surface area contributed by atoms with Gasteiger partial charge in [0.1, 0.15) is 23.2 Å². The molecule has 3 heterocycles. The highest BCUT2D eigenvalue weighted by Crippen LogP contribution is 2.46. The van der Waals surface area contributed by atoms with E-state index in [1.54, 1.807) is 42.1 Å². The largest absolute Gasteiger partial charge is 0.413 e. The lowest BCUT2D eigenvalue weighted by molar-refractivity contribution is -0.190. The number of Topliss-reactive ketones (excluding diaryl/α,β-unsaturated/α-hetero) is 1. The van der Waals surface area contributed by atoms with Gasteiger partial charge >= 0.3 is 0 Å². The van der Waals surface area contributed by atoms with Crippen molar-refractivity contribution in [3.8, 4) is 0 Å². The number of ketones is 1. The average Bonchev–Trinajstić information content (AvgIpc) is 3.51. The number of carbonyl (C=O) groups excluding carboxylic acids is 1. The Morgan fingerprint density at radius 1 is 1.18 bits per heavy atom. The van der Waals surface area contributed by atoms with E-state index < -0.39 is 38.6 Å². The number of benzene rings is 1. The molecular weight excluding hydrogens is 557 g/mol. The molecule has 0 N–H and O–H groups in total. The van der Waals surface area contributed by atoms with Crippen LogP contribution in [-0.2, 0) is 25.2 Å². The molecule has 8 nitrogen and oxygen atoms in total. The molecule has 1 aromatic carbocycles. The lowest BCUT2D eigenvalue weighted by atomic mass is 9.97. The topological polar surface area (TPSA) is 83.6 Å². The molecule has 4 rings (SSSR count). The summed E-state index contributed by atoms with van der Waals surface area (Å²) in [4.78, 5) is 22.3. The van der Waals surface area contributed by atoms with Gasteiger partial charge < -0.3 is 23.2 Å². The Bertz CT molecular complexity index is 1300. The number of hydrogen-bond acceptors (Lipinski definition) is 7. The second-order valence-corrected chi connectivity index (χ2v) is 17.5. The zero-order valence-electron chi connectivity index (χ0n) is 23.7. The zero-order valence-corrected chi connectivity index (χ0v) is 26.3. The van der Waals surface area contributed by atoms with Crippen molar-refractivity contribution in [1.29, 1.82) is 0 Å². The predicted octanol–water partition coefficient (Wildman–Crippen LogP) is 6.91. The molecule has 0 unspecified atom stereocenters. The molecule has 0 bridgehead atoms. The Labute approximate surface area is 241 Å². The lowest BCUT2D eigenvalue weighted by Gasteiger charge is -2.36. The smallest absolute Gasteiger partial charge is 0.194 e. The fraction of sp³-hybridized carbons (Fsp3) is 0.536. The maximum Gasteiger partial charge on any atom is 0.194 e. The molecule has 2 aromatic rings. The second-order valence-electron chi connectivity index (χ2n) is 11.9. The van der Waals surface area contributed by atoms with E-state index >= 15 is 0 Å². The summed E-state index contributed by atoms with van der Waals surface area (Å²) in [5.74, 6) is -0.677. The Hall–Kier alpha value is -1.85. The molecule has 0 amide bonds. The van der Waals surface area contributed by atoms with Gasteiger partial charge in [-0.2, -0.15) is 0 Å². The van der Waals surface area contributed by atoms with Gasteiger partial charge in [0.15, 0.2) is 32.2 Å². The van der Waals surface area contributed by atoms with E-state index in [1.165, 1.54) is 0 Å². The Morgan fingerprint density at radius 3 is 2.46 bits per heavy atom. The van der Waals surface area contributed by atoms with Crippen LogP contribution in [-0.4, -0.2) is 61.7 Å². The summed E-state index contributed by atoms with van der Waals surface area (Å²) in [7, 11) is -0.486. The van der Waals surface area contributed by atoms with Crippen LogP contribution in [0.15, 0.2) is 40.4 Å². The molecule has 2 saturated heterocycles. The maximum absolute atomic E-state index is 14.1. The van der Waals surface area contributed by atoms with Crippen molar-refractivity contribution < 1.29 is 23.4 Å². The van der Waals surface area contributed by atoms with Crippen molar-refractivity contribution in [2.45, 2.75) is 89.7 Å². The van der Waals surface area contributed by atoms with Crippen LogP contribution in [0.3, 0.4) is 0 Å². The molecule has 0 aliphatic carbocycles. The Kier molecular flexibility index (Phi) is 8.38. The fourth-order valence-electron chi connectivity index (χ4n) is 4.65. The summed E-state index contributed by atoms with van der Waals surface area (Å²) in [5, 5.41) is 0.833. The van der Waals surface area contributed by atoms with Gasteiger partial charge in [0.05, 0.1) is 12.2 Å². The summed E-state index contributed by atoms with van der Waals surface area (Å²) in [5.41, 5.74) is 1.79. The third kappa shape index (κ3) is 5.81. The van der Waals surface area contributed by atoms with Crippen LogP contribution in [0.2, 0.25) is 23.2 Å². The van der Waals surface area contributed by atoms with E-state index in [0.717, 1.165) is 0 Å². The van der Waals surface area contributed by atoms with Crippen molar-refractivity contribution in [3.63, 3.8) is 0 Å². The van der Waals surface area contributed by atoms with Crippen LogP contribution in [0.4, 0.5) is 5.82 Å². The third-order valence-corrected chi connectivity index (χ3v) is 12.8. The summed E-state index contributed by atoms with van der Waals surface area (Å²) < 4.78 is 27.1. The molecule has 0 radical (unpaired) electrons. The highest BCUT2D eigenvalue weighted by atomic mass is 35.5. The molecule has 2 aliphatic heterocycles. The van der Waals surface area contributed by atoms with Crippen LogP contribution in [0.1, 0.15) is 62.3 Å². The molecule has 2 fully saturated rings.